The standard InChI is InChI=1S/C18H21NOS/c1-21-11-15-7-13-8-16(14(19)20)10-17(9-15,18(13,15)16)12-5-3-2-4-6-12/h2-6,13H,7-11H2,1H3,(H2,19,20). The van der Waals surface area contributed by atoms with Crippen LogP contribution in [0.15, 0.2) is 30.3 Å². The lowest BCUT2D eigenvalue weighted by molar-refractivity contribution is -0.469. The molecule has 5 rings (SSSR count). The molecule has 2 N–H and O–H groups in total. The zero-order chi connectivity index (χ0) is 14.5. The van der Waals surface area contributed by atoms with E-state index in [4.69, 9.17) is 5.73 Å². The van der Waals surface area contributed by atoms with E-state index in [0.717, 1.165) is 18.8 Å². The van der Waals surface area contributed by atoms with Crippen LogP contribution in [0.2, 0.25) is 0 Å². The summed E-state index contributed by atoms with van der Waals surface area (Å²) in [4.78, 5) is 12.3. The second kappa shape index (κ2) is 3.34. The van der Waals surface area contributed by atoms with Gasteiger partial charge >= 0.3 is 0 Å². The van der Waals surface area contributed by atoms with Gasteiger partial charge in [0.05, 0.1) is 5.41 Å². The molecule has 0 aliphatic heterocycles. The molecule has 4 saturated carbocycles. The number of carbonyl (C=O) groups excluding carboxylic acids is 1. The molecule has 0 heterocycles. The minimum atomic E-state index is -0.167. The molecule has 4 aliphatic carbocycles. The number of carbonyl (C=O) groups is 1. The summed E-state index contributed by atoms with van der Waals surface area (Å²) in [6.07, 6.45) is 6.87. The molecule has 1 amide bonds. The monoisotopic (exact) mass is 299 g/mol. The highest BCUT2D eigenvalue weighted by atomic mass is 32.2. The van der Waals surface area contributed by atoms with Gasteiger partial charge in [0.2, 0.25) is 5.91 Å². The van der Waals surface area contributed by atoms with E-state index in [2.05, 4.69) is 36.6 Å². The van der Waals surface area contributed by atoms with Crippen molar-refractivity contribution < 1.29 is 4.79 Å². The Balaban J connectivity index is 1.65. The van der Waals surface area contributed by atoms with Gasteiger partial charge in [0.1, 0.15) is 0 Å². The van der Waals surface area contributed by atoms with Gasteiger partial charge in [-0.15, -0.1) is 0 Å². The van der Waals surface area contributed by atoms with Crippen molar-refractivity contribution in [2.75, 3.05) is 12.0 Å². The fourth-order valence-corrected chi connectivity index (χ4v) is 8.73. The quantitative estimate of drug-likeness (QED) is 0.929. The molecule has 0 saturated heterocycles. The maximum atomic E-state index is 12.3. The molecule has 5 atom stereocenters. The fraction of sp³-hybridized carbons (Fsp3) is 0.611. The molecule has 0 bridgehead atoms. The smallest absolute Gasteiger partial charge is 0.224 e. The minimum Gasteiger partial charge on any atom is -0.369 e. The van der Waals surface area contributed by atoms with Crippen molar-refractivity contribution in [3.63, 3.8) is 0 Å². The topological polar surface area (TPSA) is 43.1 Å². The van der Waals surface area contributed by atoms with E-state index < -0.39 is 0 Å². The summed E-state index contributed by atoms with van der Waals surface area (Å²) in [5.41, 5.74) is 8.07. The summed E-state index contributed by atoms with van der Waals surface area (Å²) in [7, 11) is 0. The number of benzene rings is 1. The van der Waals surface area contributed by atoms with Crippen LogP contribution in [0.3, 0.4) is 0 Å². The summed E-state index contributed by atoms with van der Waals surface area (Å²) in [6, 6.07) is 10.9. The third-order valence-electron chi connectivity index (χ3n) is 7.65. The number of thioether (sulfide) groups is 1. The third-order valence-corrected chi connectivity index (χ3v) is 8.49. The highest BCUT2D eigenvalue weighted by Gasteiger charge is 3.00. The van der Waals surface area contributed by atoms with Gasteiger partial charge in [-0.25, -0.2) is 0 Å². The second-order valence-corrected chi connectivity index (χ2v) is 8.74. The molecule has 21 heavy (non-hydrogen) atoms. The maximum Gasteiger partial charge on any atom is 0.224 e. The van der Waals surface area contributed by atoms with Gasteiger partial charge in [-0.05, 0) is 54.6 Å². The molecule has 0 radical (unpaired) electrons. The molecule has 4 aliphatic rings. The first kappa shape index (κ1) is 12.6. The Morgan fingerprint density at radius 1 is 1.29 bits per heavy atom. The zero-order valence-electron chi connectivity index (χ0n) is 12.4. The number of nitrogens with two attached hydrogens (primary N) is 1. The van der Waals surface area contributed by atoms with E-state index in [0.29, 0.717) is 5.41 Å². The van der Waals surface area contributed by atoms with Crippen LogP contribution >= 0.6 is 11.8 Å². The first-order valence-electron chi connectivity index (χ1n) is 7.93. The largest absolute Gasteiger partial charge is 0.369 e. The lowest BCUT2D eigenvalue weighted by atomic mass is 9.04. The number of primary amides is 1. The van der Waals surface area contributed by atoms with Crippen LogP contribution < -0.4 is 5.73 Å². The van der Waals surface area contributed by atoms with Gasteiger partial charge in [-0.3, -0.25) is 4.79 Å². The number of rotatable bonds is 4. The molecule has 2 nitrogen and oxygen atoms in total. The predicted octanol–water partition coefficient (Wildman–Crippen LogP) is 2.96. The van der Waals surface area contributed by atoms with Crippen molar-refractivity contribution in [2.24, 2.45) is 27.9 Å². The molecular formula is C18H21NOS. The van der Waals surface area contributed by atoms with Gasteiger partial charge in [0, 0.05) is 10.8 Å². The van der Waals surface area contributed by atoms with Gasteiger partial charge in [0.15, 0.2) is 0 Å². The lowest BCUT2D eigenvalue weighted by Crippen LogP contribution is -2.98. The van der Waals surface area contributed by atoms with Crippen LogP contribution in [0.1, 0.15) is 31.2 Å². The van der Waals surface area contributed by atoms with Gasteiger partial charge in [0.25, 0.3) is 0 Å². The fourth-order valence-electron chi connectivity index (χ4n) is 7.73. The molecule has 3 heteroatoms. The Hall–Kier alpha value is -0.960. The average Bonchev–Trinajstić information content (AvgIpc) is 2.40. The minimum absolute atomic E-state index is 0.0183. The van der Waals surface area contributed by atoms with Crippen molar-refractivity contribution in [2.45, 2.75) is 31.1 Å². The predicted molar refractivity (Wildman–Crippen MR) is 85.0 cm³/mol. The normalized spacial score (nSPS) is 51.4. The molecule has 5 unspecified atom stereocenters. The number of hydrogen-bond donors (Lipinski definition) is 1. The van der Waals surface area contributed by atoms with E-state index in [9.17, 15) is 4.79 Å². The van der Waals surface area contributed by atoms with Gasteiger partial charge in [-0.2, -0.15) is 11.8 Å². The molecule has 4 fully saturated rings. The van der Waals surface area contributed by atoms with Gasteiger partial charge in [-0.1, -0.05) is 30.3 Å². The van der Waals surface area contributed by atoms with Crippen LogP contribution in [0.5, 0.6) is 0 Å². The first-order chi connectivity index (χ1) is 10.1. The average molecular weight is 299 g/mol. The van der Waals surface area contributed by atoms with E-state index in [1.54, 1.807) is 0 Å². The molecule has 1 aromatic carbocycles. The van der Waals surface area contributed by atoms with Crippen LogP contribution in [-0.4, -0.2) is 17.9 Å². The second-order valence-electron chi connectivity index (χ2n) is 7.87. The number of hydrogen-bond acceptors (Lipinski definition) is 2. The van der Waals surface area contributed by atoms with Crippen molar-refractivity contribution in [1.29, 1.82) is 0 Å². The Labute approximate surface area is 129 Å². The summed E-state index contributed by atoms with van der Waals surface area (Å²) in [5, 5.41) is 0. The highest BCUT2D eigenvalue weighted by Crippen LogP contribution is 3.01. The summed E-state index contributed by atoms with van der Waals surface area (Å²) in [5.74, 6) is 1.93. The summed E-state index contributed by atoms with van der Waals surface area (Å²) in [6.45, 7) is 0. The molecule has 110 valence electrons. The highest BCUT2D eigenvalue weighted by molar-refractivity contribution is 7.98. The van der Waals surface area contributed by atoms with E-state index >= 15 is 0 Å². The van der Waals surface area contributed by atoms with Crippen molar-refractivity contribution in [3.8, 4) is 0 Å². The Morgan fingerprint density at radius 3 is 2.67 bits per heavy atom. The van der Waals surface area contributed by atoms with Crippen molar-refractivity contribution >= 4 is 17.7 Å². The van der Waals surface area contributed by atoms with Crippen molar-refractivity contribution in [1.82, 2.24) is 0 Å². The van der Waals surface area contributed by atoms with Crippen LogP contribution in [0, 0.1) is 22.2 Å². The lowest BCUT2D eigenvalue weighted by Gasteiger charge is -2.99. The zero-order valence-corrected chi connectivity index (χ0v) is 13.2. The summed E-state index contributed by atoms with van der Waals surface area (Å²) < 4.78 is 0. The molecular weight excluding hydrogens is 278 g/mol. The number of amides is 1. The summed E-state index contributed by atoms with van der Waals surface area (Å²) >= 11 is 1.95. The van der Waals surface area contributed by atoms with Crippen LogP contribution in [-0.2, 0) is 10.2 Å². The first-order valence-corrected chi connectivity index (χ1v) is 9.32. The Bertz CT molecular complexity index is 656. The van der Waals surface area contributed by atoms with Crippen molar-refractivity contribution in [3.05, 3.63) is 35.9 Å². The van der Waals surface area contributed by atoms with Gasteiger partial charge < -0.3 is 5.73 Å². The maximum absolute atomic E-state index is 12.3. The van der Waals surface area contributed by atoms with Crippen LogP contribution in [0.4, 0.5) is 0 Å². The SMILES string of the molecule is CSCC12CC3CC4(C(N)=O)CC(c5ccccc5)(C1)C324. The van der Waals surface area contributed by atoms with Crippen LogP contribution in [0.25, 0.3) is 0 Å². The van der Waals surface area contributed by atoms with E-state index in [-0.39, 0.29) is 22.2 Å². The molecule has 1 aromatic rings. The molecule has 1 spiro atoms. The Morgan fingerprint density at radius 2 is 2.05 bits per heavy atom. The third kappa shape index (κ3) is 0.908. The van der Waals surface area contributed by atoms with E-state index in [1.165, 1.54) is 24.2 Å². The van der Waals surface area contributed by atoms with E-state index in [1.807, 2.05) is 11.8 Å². The molecule has 0 aromatic heterocycles. The Kier molecular flexibility index (Phi) is 2.00.